The molecule has 2 aliphatic heterocycles. The van der Waals surface area contributed by atoms with Crippen molar-refractivity contribution >= 4 is 29.1 Å². The van der Waals surface area contributed by atoms with Gasteiger partial charge in [0, 0.05) is 22.8 Å². The highest BCUT2D eigenvalue weighted by molar-refractivity contribution is 6.31. The lowest BCUT2D eigenvalue weighted by Gasteiger charge is -2.29. The zero-order valence-corrected chi connectivity index (χ0v) is 18.4. The first-order chi connectivity index (χ1) is 15.5. The second-order valence-corrected chi connectivity index (χ2v) is 8.18. The Balaban J connectivity index is 1.55. The number of carbonyl (C=O) groups is 1. The molecular formula is C23H22ClN5O3. The van der Waals surface area contributed by atoms with E-state index in [-0.39, 0.29) is 5.91 Å². The van der Waals surface area contributed by atoms with Crippen molar-refractivity contribution in [2.75, 3.05) is 23.8 Å². The zero-order valence-electron chi connectivity index (χ0n) is 17.7. The lowest BCUT2D eigenvalue weighted by Crippen LogP contribution is -2.31. The Kier molecular flexibility index (Phi) is 5.22. The van der Waals surface area contributed by atoms with Gasteiger partial charge < -0.3 is 20.1 Å². The molecule has 3 aromatic rings. The van der Waals surface area contributed by atoms with Gasteiger partial charge in [-0.1, -0.05) is 23.7 Å². The van der Waals surface area contributed by atoms with Crippen LogP contribution in [0.25, 0.3) is 0 Å². The monoisotopic (exact) mass is 451 g/mol. The molecule has 2 aromatic carbocycles. The molecule has 0 radical (unpaired) electrons. The van der Waals surface area contributed by atoms with E-state index in [9.17, 15) is 4.79 Å². The van der Waals surface area contributed by atoms with Gasteiger partial charge in [-0.25, -0.2) is 4.68 Å². The molecule has 1 amide bonds. The van der Waals surface area contributed by atoms with Crippen molar-refractivity contribution in [1.82, 2.24) is 14.8 Å². The molecule has 2 N–H and O–H groups in total. The van der Waals surface area contributed by atoms with Gasteiger partial charge in [0.05, 0.1) is 18.8 Å². The van der Waals surface area contributed by atoms with Gasteiger partial charge in [-0.15, -0.1) is 0 Å². The second kappa shape index (κ2) is 8.20. The Bertz CT molecular complexity index is 1240. The summed E-state index contributed by atoms with van der Waals surface area (Å²) in [6, 6.07) is 10.7. The van der Waals surface area contributed by atoms with Crippen LogP contribution >= 0.6 is 11.6 Å². The summed E-state index contributed by atoms with van der Waals surface area (Å²) in [6.07, 6.45) is 2.28. The number of ether oxygens (including phenoxy) is 2. The fourth-order valence-corrected chi connectivity index (χ4v) is 4.09. The predicted octanol–water partition coefficient (Wildman–Crippen LogP) is 4.33. The average molecular weight is 452 g/mol. The highest BCUT2D eigenvalue weighted by atomic mass is 35.5. The third kappa shape index (κ3) is 3.67. The number of rotatable bonds is 3. The first kappa shape index (κ1) is 20.4. The Morgan fingerprint density at radius 1 is 1.16 bits per heavy atom. The Morgan fingerprint density at radius 3 is 2.78 bits per heavy atom. The standard InChI is InChI=1S/C23H22ClN5O3/c1-13-4-6-16(11-17(13)24)28-22(30)20-14(2)27-23-25-12-26-29(23)21(20)15-5-7-18-19(10-15)32-9-3-8-31-18/h4-7,10-12,21H,3,8-9H2,1-2H3,(H,28,30)(H,25,26,27). The number of allylic oxidation sites excluding steroid dienone is 1. The van der Waals surface area contributed by atoms with Gasteiger partial charge in [-0.2, -0.15) is 10.1 Å². The van der Waals surface area contributed by atoms with Crippen LogP contribution in [0.5, 0.6) is 11.5 Å². The molecule has 3 heterocycles. The minimum atomic E-state index is -0.494. The maximum absolute atomic E-state index is 13.5. The maximum Gasteiger partial charge on any atom is 0.255 e. The van der Waals surface area contributed by atoms with Crippen LogP contribution in [0.15, 0.2) is 54.0 Å². The predicted molar refractivity (Wildman–Crippen MR) is 121 cm³/mol. The zero-order chi connectivity index (χ0) is 22.2. The van der Waals surface area contributed by atoms with Gasteiger partial charge in [0.15, 0.2) is 11.5 Å². The lowest BCUT2D eigenvalue weighted by molar-refractivity contribution is -0.113. The third-order valence-electron chi connectivity index (χ3n) is 5.56. The van der Waals surface area contributed by atoms with E-state index < -0.39 is 6.04 Å². The number of aromatic nitrogens is 3. The number of halogens is 1. The minimum absolute atomic E-state index is 0.256. The van der Waals surface area contributed by atoms with Crippen molar-refractivity contribution in [3.05, 3.63) is 70.1 Å². The number of nitrogens with zero attached hydrogens (tertiary/aromatic N) is 3. The van der Waals surface area contributed by atoms with Crippen LogP contribution in [-0.4, -0.2) is 33.9 Å². The molecule has 0 fully saturated rings. The van der Waals surface area contributed by atoms with Crippen LogP contribution in [0.2, 0.25) is 5.02 Å². The summed E-state index contributed by atoms with van der Waals surface area (Å²) < 4.78 is 13.3. The molecule has 5 rings (SSSR count). The summed E-state index contributed by atoms with van der Waals surface area (Å²) in [5, 5.41) is 11.1. The van der Waals surface area contributed by atoms with Crippen LogP contribution in [0.1, 0.15) is 30.5 Å². The van der Waals surface area contributed by atoms with E-state index >= 15 is 0 Å². The maximum atomic E-state index is 13.5. The van der Waals surface area contributed by atoms with Crippen LogP contribution in [0.4, 0.5) is 11.6 Å². The summed E-state index contributed by atoms with van der Waals surface area (Å²) in [7, 11) is 0. The molecule has 0 spiro atoms. The van der Waals surface area contributed by atoms with E-state index in [0.29, 0.717) is 52.6 Å². The molecule has 32 heavy (non-hydrogen) atoms. The molecule has 0 saturated carbocycles. The number of fused-ring (bicyclic) bond motifs is 2. The Labute approximate surface area is 190 Å². The second-order valence-electron chi connectivity index (χ2n) is 7.77. The van der Waals surface area contributed by atoms with Gasteiger partial charge >= 0.3 is 0 Å². The Morgan fingerprint density at radius 2 is 1.97 bits per heavy atom. The van der Waals surface area contributed by atoms with E-state index in [2.05, 4.69) is 20.7 Å². The number of aryl methyl sites for hydroxylation is 1. The van der Waals surface area contributed by atoms with Crippen molar-refractivity contribution in [2.24, 2.45) is 0 Å². The minimum Gasteiger partial charge on any atom is -0.490 e. The van der Waals surface area contributed by atoms with E-state index in [1.54, 1.807) is 10.7 Å². The fraction of sp³-hybridized carbons (Fsp3) is 0.261. The van der Waals surface area contributed by atoms with Gasteiger partial charge in [0.2, 0.25) is 5.95 Å². The number of hydrogen-bond donors (Lipinski definition) is 2. The summed E-state index contributed by atoms with van der Waals surface area (Å²) in [6.45, 7) is 4.95. The average Bonchev–Trinajstić information content (AvgIpc) is 3.10. The molecule has 164 valence electrons. The van der Waals surface area contributed by atoms with Crippen molar-refractivity contribution < 1.29 is 14.3 Å². The number of anilines is 2. The van der Waals surface area contributed by atoms with Gasteiger partial charge in [0.1, 0.15) is 12.4 Å². The Hall–Kier alpha value is -3.52. The first-order valence-electron chi connectivity index (χ1n) is 10.4. The number of hydrogen-bond acceptors (Lipinski definition) is 6. The summed E-state index contributed by atoms with van der Waals surface area (Å²) in [4.78, 5) is 17.7. The normalized spacial score (nSPS) is 17.3. The van der Waals surface area contributed by atoms with Crippen molar-refractivity contribution in [3.63, 3.8) is 0 Å². The van der Waals surface area contributed by atoms with E-state index in [1.165, 1.54) is 6.33 Å². The first-order valence-corrected chi connectivity index (χ1v) is 10.7. The molecule has 9 heteroatoms. The van der Waals surface area contributed by atoms with Crippen LogP contribution < -0.4 is 20.1 Å². The van der Waals surface area contributed by atoms with Crippen LogP contribution in [-0.2, 0) is 4.79 Å². The summed E-state index contributed by atoms with van der Waals surface area (Å²) in [5.41, 5.74) is 3.62. The number of benzene rings is 2. The SMILES string of the molecule is CC1=C(C(=O)Nc2ccc(C)c(Cl)c2)C(c2ccc3c(c2)OCCCO3)n2ncnc2N1. The summed E-state index contributed by atoms with van der Waals surface area (Å²) in [5.74, 6) is 1.66. The fourth-order valence-electron chi connectivity index (χ4n) is 3.91. The molecule has 1 aromatic heterocycles. The lowest BCUT2D eigenvalue weighted by atomic mass is 9.94. The molecule has 2 aliphatic rings. The molecular weight excluding hydrogens is 430 g/mol. The smallest absolute Gasteiger partial charge is 0.255 e. The molecule has 0 saturated heterocycles. The van der Waals surface area contributed by atoms with E-state index in [4.69, 9.17) is 21.1 Å². The number of nitrogens with one attached hydrogen (secondary N) is 2. The topological polar surface area (TPSA) is 90.3 Å². The molecule has 0 aliphatic carbocycles. The molecule has 1 atom stereocenters. The third-order valence-corrected chi connectivity index (χ3v) is 5.96. The van der Waals surface area contributed by atoms with E-state index in [0.717, 1.165) is 17.5 Å². The van der Waals surface area contributed by atoms with Crippen LogP contribution in [0, 0.1) is 6.92 Å². The van der Waals surface area contributed by atoms with Crippen molar-refractivity contribution in [2.45, 2.75) is 26.3 Å². The van der Waals surface area contributed by atoms with Gasteiger partial charge in [-0.05, 0) is 49.2 Å². The highest BCUT2D eigenvalue weighted by Crippen LogP contribution is 2.39. The largest absolute Gasteiger partial charge is 0.490 e. The number of amides is 1. The summed E-state index contributed by atoms with van der Waals surface area (Å²) >= 11 is 6.25. The number of carbonyl (C=O) groups excluding carboxylic acids is 1. The quantitative estimate of drug-likeness (QED) is 0.616. The molecule has 0 bridgehead atoms. The van der Waals surface area contributed by atoms with Crippen molar-refractivity contribution in [1.29, 1.82) is 0 Å². The van der Waals surface area contributed by atoms with Gasteiger partial charge in [-0.3, -0.25) is 4.79 Å². The molecule has 1 unspecified atom stereocenters. The van der Waals surface area contributed by atoms with Crippen LogP contribution in [0.3, 0.4) is 0 Å². The van der Waals surface area contributed by atoms with Crippen molar-refractivity contribution in [3.8, 4) is 11.5 Å². The van der Waals surface area contributed by atoms with E-state index in [1.807, 2.05) is 44.2 Å². The van der Waals surface area contributed by atoms with Gasteiger partial charge in [0.25, 0.3) is 5.91 Å². The highest BCUT2D eigenvalue weighted by Gasteiger charge is 2.34. The molecule has 8 nitrogen and oxygen atoms in total.